The summed E-state index contributed by atoms with van der Waals surface area (Å²) in [6.45, 7) is 6.08. The van der Waals surface area contributed by atoms with Gasteiger partial charge in [0.05, 0.1) is 17.8 Å². The van der Waals surface area contributed by atoms with Crippen LogP contribution >= 0.6 is 11.8 Å². The average molecular weight is 472 g/mol. The molecule has 0 aliphatic rings. The highest BCUT2D eigenvalue weighted by Gasteiger charge is 2.20. The third kappa shape index (κ3) is 6.01. The summed E-state index contributed by atoms with van der Waals surface area (Å²) in [5.74, 6) is 1.75. The number of nitro groups is 1. The maximum absolute atomic E-state index is 12.4. The first-order valence-electron chi connectivity index (χ1n) is 10.2. The second-order valence-electron chi connectivity index (χ2n) is 7.12. The molecule has 0 fully saturated rings. The number of ether oxygens (including phenoxy) is 2. The van der Waals surface area contributed by atoms with Crippen LogP contribution in [0.5, 0.6) is 11.5 Å². The van der Waals surface area contributed by atoms with Crippen molar-refractivity contribution in [1.82, 2.24) is 14.8 Å². The molecule has 11 heteroatoms. The van der Waals surface area contributed by atoms with E-state index >= 15 is 0 Å². The molecule has 0 saturated heterocycles. The van der Waals surface area contributed by atoms with Gasteiger partial charge < -0.3 is 19.4 Å². The molecule has 3 aromatic rings. The fraction of sp³-hybridized carbons (Fsp3) is 0.318. The highest BCUT2D eigenvalue weighted by Crippen LogP contribution is 2.27. The Hall–Kier alpha value is -3.60. The van der Waals surface area contributed by atoms with E-state index in [0.29, 0.717) is 40.3 Å². The van der Waals surface area contributed by atoms with E-state index in [1.54, 1.807) is 32.2 Å². The van der Waals surface area contributed by atoms with E-state index in [9.17, 15) is 14.9 Å². The molecule has 1 unspecified atom stereocenters. The molecule has 0 aliphatic carbocycles. The lowest BCUT2D eigenvalue weighted by Gasteiger charge is -2.16. The van der Waals surface area contributed by atoms with Crippen molar-refractivity contribution in [3.63, 3.8) is 0 Å². The molecule has 0 bridgehead atoms. The highest BCUT2D eigenvalue weighted by molar-refractivity contribution is 7.99. The zero-order chi connectivity index (χ0) is 24.0. The highest BCUT2D eigenvalue weighted by atomic mass is 32.2. The monoisotopic (exact) mass is 471 g/mol. The van der Waals surface area contributed by atoms with E-state index in [1.165, 1.54) is 17.8 Å². The number of carbonyl (C=O) groups is 1. The topological polar surface area (TPSA) is 121 Å². The molecular formula is C22H25N5O5S. The van der Waals surface area contributed by atoms with E-state index in [0.717, 1.165) is 0 Å². The number of aromatic nitrogens is 3. The third-order valence-corrected chi connectivity index (χ3v) is 5.77. The van der Waals surface area contributed by atoms with Crippen molar-refractivity contribution < 1.29 is 19.2 Å². The largest absolute Gasteiger partial charge is 0.497 e. The van der Waals surface area contributed by atoms with Gasteiger partial charge in [-0.1, -0.05) is 23.9 Å². The Kier molecular flexibility index (Phi) is 7.88. The SMILES string of the molecule is CCn1c(SCC(=O)Nc2ccc(C)c([N+](=O)[O-])c2)nnc1C(C)Oc1cccc(OC)c1. The van der Waals surface area contributed by atoms with Crippen molar-refractivity contribution in [3.8, 4) is 11.5 Å². The van der Waals surface area contributed by atoms with Crippen LogP contribution in [0.25, 0.3) is 0 Å². The number of carbonyl (C=O) groups excluding carboxylic acids is 1. The molecule has 1 atom stereocenters. The van der Waals surface area contributed by atoms with Crippen LogP contribution in [0.3, 0.4) is 0 Å². The van der Waals surface area contributed by atoms with Crippen LogP contribution in [0.4, 0.5) is 11.4 Å². The summed E-state index contributed by atoms with van der Waals surface area (Å²) in [7, 11) is 1.59. The van der Waals surface area contributed by atoms with Crippen molar-refractivity contribution in [3.05, 3.63) is 64.0 Å². The summed E-state index contributed by atoms with van der Waals surface area (Å²) in [6.07, 6.45) is -0.374. The van der Waals surface area contributed by atoms with Gasteiger partial charge in [0, 0.05) is 29.9 Å². The van der Waals surface area contributed by atoms with Crippen molar-refractivity contribution in [1.29, 1.82) is 0 Å². The number of nitro benzene ring substituents is 1. The first kappa shape index (κ1) is 24.1. The van der Waals surface area contributed by atoms with E-state index in [-0.39, 0.29) is 23.5 Å². The van der Waals surface area contributed by atoms with E-state index in [4.69, 9.17) is 9.47 Å². The van der Waals surface area contributed by atoms with E-state index < -0.39 is 4.92 Å². The Morgan fingerprint density at radius 1 is 1.24 bits per heavy atom. The van der Waals surface area contributed by atoms with Gasteiger partial charge in [0.15, 0.2) is 17.1 Å². The Morgan fingerprint density at radius 2 is 2.00 bits per heavy atom. The third-order valence-electron chi connectivity index (χ3n) is 4.80. The molecule has 0 aliphatic heterocycles. The number of thioether (sulfide) groups is 1. The van der Waals surface area contributed by atoms with Crippen LogP contribution in [-0.4, -0.2) is 38.5 Å². The van der Waals surface area contributed by atoms with Crippen molar-refractivity contribution in [2.45, 2.75) is 38.6 Å². The molecule has 1 heterocycles. The molecule has 0 spiro atoms. The first-order valence-corrected chi connectivity index (χ1v) is 11.2. The molecule has 3 rings (SSSR count). The van der Waals surface area contributed by atoms with Gasteiger partial charge >= 0.3 is 0 Å². The van der Waals surface area contributed by atoms with E-state index in [2.05, 4.69) is 15.5 Å². The second-order valence-corrected chi connectivity index (χ2v) is 8.06. The molecule has 174 valence electrons. The molecule has 10 nitrogen and oxygen atoms in total. The predicted octanol–water partition coefficient (Wildman–Crippen LogP) is 4.39. The minimum Gasteiger partial charge on any atom is -0.497 e. The molecular weight excluding hydrogens is 446 g/mol. The molecule has 1 N–H and O–H groups in total. The van der Waals surface area contributed by atoms with Crippen molar-refractivity contribution >= 4 is 29.0 Å². The number of methoxy groups -OCH3 is 1. The lowest BCUT2D eigenvalue weighted by molar-refractivity contribution is -0.385. The summed E-state index contributed by atoms with van der Waals surface area (Å²) in [4.78, 5) is 23.0. The maximum Gasteiger partial charge on any atom is 0.274 e. The number of amides is 1. The molecule has 33 heavy (non-hydrogen) atoms. The van der Waals surface area contributed by atoms with Gasteiger partial charge in [0.1, 0.15) is 11.5 Å². The lowest BCUT2D eigenvalue weighted by atomic mass is 10.2. The fourth-order valence-corrected chi connectivity index (χ4v) is 3.96. The van der Waals surface area contributed by atoms with Crippen LogP contribution in [-0.2, 0) is 11.3 Å². The van der Waals surface area contributed by atoms with Crippen LogP contribution < -0.4 is 14.8 Å². The number of aryl methyl sites for hydroxylation is 1. The van der Waals surface area contributed by atoms with Gasteiger partial charge in [-0.2, -0.15) is 0 Å². The molecule has 2 aromatic carbocycles. The minimum absolute atomic E-state index is 0.0409. The predicted molar refractivity (Wildman–Crippen MR) is 125 cm³/mol. The number of rotatable bonds is 10. The van der Waals surface area contributed by atoms with Crippen LogP contribution in [0, 0.1) is 17.0 Å². The quantitative estimate of drug-likeness (QED) is 0.262. The lowest BCUT2D eigenvalue weighted by Crippen LogP contribution is -2.15. The molecule has 1 amide bonds. The Bertz CT molecular complexity index is 1150. The Labute approximate surface area is 195 Å². The number of anilines is 1. The van der Waals surface area contributed by atoms with E-state index in [1.807, 2.05) is 36.6 Å². The Balaban J connectivity index is 1.64. The summed E-state index contributed by atoms with van der Waals surface area (Å²) < 4.78 is 13.1. The maximum atomic E-state index is 12.4. The zero-order valence-corrected chi connectivity index (χ0v) is 19.6. The van der Waals surface area contributed by atoms with Gasteiger partial charge in [0.25, 0.3) is 5.69 Å². The van der Waals surface area contributed by atoms with Gasteiger partial charge in [-0.3, -0.25) is 14.9 Å². The van der Waals surface area contributed by atoms with Gasteiger partial charge in [-0.15, -0.1) is 10.2 Å². The number of hydrogen-bond acceptors (Lipinski definition) is 8. The standard InChI is InChI=1S/C22H25N5O5S/c1-5-26-21(15(3)32-18-8-6-7-17(12-18)31-4)24-25-22(26)33-13-20(28)23-16-10-9-14(2)19(11-16)27(29)30/h6-12,15H,5,13H2,1-4H3,(H,23,28). The normalized spacial score (nSPS) is 11.6. The average Bonchev–Trinajstić information content (AvgIpc) is 3.22. The molecule has 1 aromatic heterocycles. The molecule has 0 radical (unpaired) electrons. The number of nitrogens with zero attached hydrogens (tertiary/aromatic N) is 4. The van der Waals surface area contributed by atoms with Gasteiger partial charge in [-0.05, 0) is 39.0 Å². The summed E-state index contributed by atoms with van der Waals surface area (Å²) in [6, 6.07) is 11.9. The smallest absolute Gasteiger partial charge is 0.274 e. The molecule has 0 saturated carbocycles. The van der Waals surface area contributed by atoms with Crippen molar-refractivity contribution in [2.24, 2.45) is 0 Å². The summed E-state index contributed by atoms with van der Waals surface area (Å²) in [5.41, 5.74) is 0.859. The van der Waals surface area contributed by atoms with Crippen molar-refractivity contribution in [2.75, 3.05) is 18.2 Å². The Morgan fingerprint density at radius 3 is 2.70 bits per heavy atom. The first-order chi connectivity index (χ1) is 15.8. The minimum atomic E-state index is -0.472. The van der Waals surface area contributed by atoms with Crippen LogP contribution in [0.2, 0.25) is 0 Å². The summed E-state index contributed by atoms with van der Waals surface area (Å²) in [5, 5.41) is 22.8. The van der Waals surface area contributed by atoms with Gasteiger partial charge in [0.2, 0.25) is 5.91 Å². The van der Waals surface area contributed by atoms with Crippen LogP contribution in [0.15, 0.2) is 47.6 Å². The fourth-order valence-electron chi connectivity index (χ4n) is 3.15. The van der Waals surface area contributed by atoms with Crippen LogP contribution in [0.1, 0.15) is 31.3 Å². The number of nitrogens with one attached hydrogen (secondary N) is 1. The number of hydrogen-bond donors (Lipinski definition) is 1. The zero-order valence-electron chi connectivity index (χ0n) is 18.8. The van der Waals surface area contributed by atoms with Gasteiger partial charge in [-0.25, -0.2) is 0 Å². The number of benzene rings is 2. The second kappa shape index (κ2) is 10.8. The summed E-state index contributed by atoms with van der Waals surface area (Å²) >= 11 is 1.23.